The van der Waals surface area contributed by atoms with Gasteiger partial charge in [0.05, 0.1) is 11.7 Å². The number of carbonyl (C=O) groups is 1. The number of carbonyl (C=O) groups excluding carboxylic acids is 1. The maximum atomic E-state index is 11.7. The van der Waals surface area contributed by atoms with Gasteiger partial charge in [0.25, 0.3) is 0 Å². The fraction of sp³-hybridized carbons (Fsp3) is 0.889. The summed E-state index contributed by atoms with van der Waals surface area (Å²) < 4.78 is 0. The number of rotatable bonds is 2. The molecule has 0 aromatic carbocycles. The van der Waals surface area contributed by atoms with Crippen LogP contribution in [0.2, 0.25) is 0 Å². The number of nitrogens with zero attached hydrogens (tertiary/aromatic N) is 1. The minimum atomic E-state index is -0.366. The molecule has 70 valence electrons. The Morgan fingerprint density at radius 3 is 2.50 bits per heavy atom. The van der Waals surface area contributed by atoms with Crippen molar-refractivity contribution in [3.8, 4) is 0 Å². The van der Waals surface area contributed by atoms with Gasteiger partial charge < -0.3 is 4.90 Å². The SMILES string of the molecule is CCCN1C(=O)C(C)(C)NC1C. The fourth-order valence-corrected chi connectivity index (χ4v) is 1.73. The lowest BCUT2D eigenvalue weighted by Gasteiger charge is -2.19. The third kappa shape index (κ3) is 1.46. The molecule has 0 spiro atoms. The quantitative estimate of drug-likeness (QED) is 0.669. The van der Waals surface area contributed by atoms with Crippen LogP contribution in [-0.4, -0.2) is 29.1 Å². The van der Waals surface area contributed by atoms with E-state index in [1.54, 1.807) is 0 Å². The minimum absolute atomic E-state index is 0.187. The van der Waals surface area contributed by atoms with Gasteiger partial charge in [-0.1, -0.05) is 6.92 Å². The Kier molecular flexibility index (Phi) is 2.42. The maximum absolute atomic E-state index is 11.7. The van der Waals surface area contributed by atoms with E-state index in [2.05, 4.69) is 12.2 Å². The molecule has 1 atom stereocenters. The van der Waals surface area contributed by atoms with Crippen LogP contribution in [0.3, 0.4) is 0 Å². The molecule has 1 unspecified atom stereocenters. The van der Waals surface area contributed by atoms with Gasteiger partial charge in [-0.15, -0.1) is 0 Å². The molecule has 1 N–H and O–H groups in total. The molecule has 0 aliphatic carbocycles. The van der Waals surface area contributed by atoms with Crippen LogP contribution in [0.5, 0.6) is 0 Å². The van der Waals surface area contributed by atoms with Gasteiger partial charge in [0.1, 0.15) is 0 Å². The zero-order chi connectivity index (χ0) is 9.35. The predicted molar refractivity (Wildman–Crippen MR) is 48.7 cm³/mol. The highest BCUT2D eigenvalue weighted by Gasteiger charge is 2.41. The van der Waals surface area contributed by atoms with Crippen molar-refractivity contribution in [2.24, 2.45) is 0 Å². The normalized spacial score (nSPS) is 28.2. The second-order valence-electron chi connectivity index (χ2n) is 3.94. The Labute approximate surface area is 74.1 Å². The van der Waals surface area contributed by atoms with Crippen molar-refractivity contribution in [3.63, 3.8) is 0 Å². The lowest BCUT2D eigenvalue weighted by atomic mass is 10.1. The summed E-state index contributed by atoms with van der Waals surface area (Å²) in [5.41, 5.74) is -0.366. The fourth-order valence-electron chi connectivity index (χ4n) is 1.73. The van der Waals surface area contributed by atoms with E-state index < -0.39 is 0 Å². The topological polar surface area (TPSA) is 32.3 Å². The first kappa shape index (κ1) is 9.52. The van der Waals surface area contributed by atoms with Crippen LogP contribution in [0.1, 0.15) is 34.1 Å². The standard InChI is InChI=1S/C9H18N2O/c1-5-6-11-7(2)10-9(3,4)8(11)12/h7,10H,5-6H2,1-4H3. The molecule has 0 bridgehead atoms. The molecule has 3 heteroatoms. The third-order valence-corrected chi connectivity index (χ3v) is 2.30. The molecule has 1 aliphatic rings. The van der Waals surface area contributed by atoms with E-state index in [1.165, 1.54) is 0 Å². The van der Waals surface area contributed by atoms with E-state index in [0.29, 0.717) is 0 Å². The summed E-state index contributed by atoms with van der Waals surface area (Å²) in [5.74, 6) is 0.219. The molecule has 1 aliphatic heterocycles. The number of nitrogens with one attached hydrogen (secondary N) is 1. The Hall–Kier alpha value is -0.570. The van der Waals surface area contributed by atoms with E-state index in [-0.39, 0.29) is 17.6 Å². The van der Waals surface area contributed by atoms with E-state index in [9.17, 15) is 4.79 Å². The van der Waals surface area contributed by atoms with Crippen LogP contribution in [0.4, 0.5) is 0 Å². The molecule has 1 amide bonds. The third-order valence-electron chi connectivity index (χ3n) is 2.30. The monoisotopic (exact) mass is 170 g/mol. The summed E-state index contributed by atoms with van der Waals surface area (Å²) in [7, 11) is 0. The van der Waals surface area contributed by atoms with Gasteiger partial charge in [-0.3, -0.25) is 10.1 Å². The highest BCUT2D eigenvalue weighted by atomic mass is 16.2. The highest BCUT2D eigenvalue weighted by Crippen LogP contribution is 2.19. The smallest absolute Gasteiger partial charge is 0.243 e. The number of hydrogen-bond donors (Lipinski definition) is 1. The van der Waals surface area contributed by atoms with Gasteiger partial charge in [0.2, 0.25) is 5.91 Å². The van der Waals surface area contributed by atoms with Crippen molar-refractivity contribution in [2.45, 2.75) is 45.8 Å². The van der Waals surface area contributed by atoms with Crippen molar-refractivity contribution in [1.29, 1.82) is 0 Å². The van der Waals surface area contributed by atoms with E-state index >= 15 is 0 Å². The lowest BCUT2D eigenvalue weighted by Crippen LogP contribution is -2.40. The summed E-state index contributed by atoms with van der Waals surface area (Å²) in [6.07, 6.45) is 1.21. The first-order valence-electron chi connectivity index (χ1n) is 4.58. The molecule has 0 aromatic rings. The summed E-state index contributed by atoms with van der Waals surface area (Å²) in [6.45, 7) is 8.84. The highest BCUT2D eigenvalue weighted by molar-refractivity contribution is 5.87. The van der Waals surface area contributed by atoms with E-state index in [4.69, 9.17) is 0 Å². The van der Waals surface area contributed by atoms with E-state index in [0.717, 1.165) is 13.0 Å². The zero-order valence-electron chi connectivity index (χ0n) is 8.35. The molecule has 0 radical (unpaired) electrons. The van der Waals surface area contributed by atoms with Gasteiger partial charge in [0, 0.05) is 6.54 Å². The Morgan fingerprint density at radius 2 is 2.17 bits per heavy atom. The van der Waals surface area contributed by atoms with Gasteiger partial charge >= 0.3 is 0 Å². The average molecular weight is 170 g/mol. The minimum Gasteiger partial charge on any atom is -0.326 e. The molecular weight excluding hydrogens is 152 g/mol. The molecule has 1 fully saturated rings. The van der Waals surface area contributed by atoms with Crippen LogP contribution in [-0.2, 0) is 4.79 Å². The lowest BCUT2D eigenvalue weighted by molar-refractivity contribution is -0.132. The second-order valence-corrected chi connectivity index (χ2v) is 3.94. The van der Waals surface area contributed by atoms with Crippen molar-refractivity contribution < 1.29 is 4.79 Å². The molecule has 0 saturated carbocycles. The van der Waals surface area contributed by atoms with Gasteiger partial charge in [0.15, 0.2) is 0 Å². The van der Waals surface area contributed by atoms with Gasteiger partial charge in [-0.05, 0) is 27.2 Å². The van der Waals surface area contributed by atoms with Crippen LogP contribution >= 0.6 is 0 Å². The molecule has 1 rings (SSSR count). The molecular formula is C9H18N2O. The maximum Gasteiger partial charge on any atom is 0.243 e. The average Bonchev–Trinajstić information content (AvgIpc) is 2.13. The Bertz CT molecular complexity index is 189. The molecule has 1 saturated heterocycles. The summed E-state index contributed by atoms with van der Waals surface area (Å²) in [6, 6.07) is 0. The first-order valence-corrected chi connectivity index (χ1v) is 4.58. The first-order chi connectivity index (χ1) is 5.49. The zero-order valence-corrected chi connectivity index (χ0v) is 8.35. The van der Waals surface area contributed by atoms with Crippen LogP contribution in [0, 0.1) is 0 Å². The van der Waals surface area contributed by atoms with Crippen LogP contribution < -0.4 is 5.32 Å². The van der Waals surface area contributed by atoms with Gasteiger partial charge in [-0.2, -0.15) is 0 Å². The largest absolute Gasteiger partial charge is 0.326 e. The van der Waals surface area contributed by atoms with Crippen molar-refractivity contribution >= 4 is 5.91 Å². The molecule has 3 nitrogen and oxygen atoms in total. The van der Waals surface area contributed by atoms with Crippen molar-refractivity contribution in [3.05, 3.63) is 0 Å². The number of amides is 1. The summed E-state index contributed by atoms with van der Waals surface area (Å²) >= 11 is 0. The molecule has 0 aromatic heterocycles. The predicted octanol–water partition coefficient (Wildman–Crippen LogP) is 0.953. The van der Waals surface area contributed by atoms with Gasteiger partial charge in [-0.25, -0.2) is 0 Å². The van der Waals surface area contributed by atoms with Crippen LogP contribution in [0.25, 0.3) is 0 Å². The molecule has 1 heterocycles. The van der Waals surface area contributed by atoms with Crippen molar-refractivity contribution in [2.75, 3.05) is 6.54 Å². The Balaban J connectivity index is 2.71. The Morgan fingerprint density at radius 1 is 1.58 bits per heavy atom. The van der Waals surface area contributed by atoms with E-state index in [1.807, 2.05) is 25.7 Å². The number of hydrogen-bond acceptors (Lipinski definition) is 2. The summed E-state index contributed by atoms with van der Waals surface area (Å²) in [4.78, 5) is 13.6. The van der Waals surface area contributed by atoms with Crippen molar-refractivity contribution in [1.82, 2.24) is 10.2 Å². The summed E-state index contributed by atoms with van der Waals surface area (Å²) in [5, 5.41) is 3.25. The second kappa shape index (κ2) is 3.05. The van der Waals surface area contributed by atoms with Crippen LogP contribution in [0.15, 0.2) is 0 Å². The molecule has 12 heavy (non-hydrogen) atoms.